The molecule has 114 valence electrons. The van der Waals surface area contributed by atoms with Crippen LogP contribution in [0.3, 0.4) is 0 Å². The number of aryl methyl sites for hydroxylation is 2. The van der Waals surface area contributed by atoms with Crippen molar-refractivity contribution in [3.05, 3.63) is 46.0 Å². The van der Waals surface area contributed by atoms with Crippen LogP contribution in [0.4, 0.5) is 0 Å². The molecule has 1 N–H and O–H groups in total. The Morgan fingerprint density at radius 3 is 2.71 bits per heavy atom. The summed E-state index contributed by atoms with van der Waals surface area (Å²) in [5.74, 6) is 0. The molecule has 21 heavy (non-hydrogen) atoms. The predicted molar refractivity (Wildman–Crippen MR) is 89.3 cm³/mol. The predicted octanol–water partition coefficient (Wildman–Crippen LogP) is 3.42. The van der Waals surface area contributed by atoms with Crippen LogP contribution in [0, 0.1) is 0 Å². The average Bonchev–Trinajstić information content (AvgIpc) is 2.85. The molecule has 0 saturated heterocycles. The first-order valence-electron chi connectivity index (χ1n) is 7.50. The SMILES string of the molecule is CCCNC(Cc1cc(CC)nn1C)c1ccc(Br)cn1. The van der Waals surface area contributed by atoms with E-state index in [9.17, 15) is 0 Å². The van der Waals surface area contributed by atoms with E-state index in [0.717, 1.165) is 41.7 Å². The van der Waals surface area contributed by atoms with Crippen molar-refractivity contribution in [2.45, 2.75) is 39.2 Å². The lowest BCUT2D eigenvalue weighted by Crippen LogP contribution is -2.25. The minimum atomic E-state index is 0.221. The standard InChI is InChI=1S/C16H23BrN4/c1-4-8-18-16(15-7-6-12(17)11-19-15)10-14-9-13(5-2)20-21(14)3/h6-7,9,11,16,18H,4-5,8,10H2,1-3H3. The second kappa shape index (κ2) is 7.71. The van der Waals surface area contributed by atoms with E-state index in [1.54, 1.807) is 0 Å². The second-order valence-electron chi connectivity index (χ2n) is 5.22. The zero-order chi connectivity index (χ0) is 15.2. The van der Waals surface area contributed by atoms with Gasteiger partial charge in [-0.05, 0) is 53.5 Å². The molecule has 1 unspecified atom stereocenters. The maximum atomic E-state index is 4.55. The Kier molecular flexibility index (Phi) is 5.94. The number of hydrogen-bond donors (Lipinski definition) is 1. The van der Waals surface area contributed by atoms with E-state index in [0.29, 0.717) is 0 Å². The summed E-state index contributed by atoms with van der Waals surface area (Å²) in [5.41, 5.74) is 3.46. The molecule has 0 amide bonds. The van der Waals surface area contributed by atoms with Crippen molar-refractivity contribution >= 4 is 15.9 Å². The van der Waals surface area contributed by atoms with Crippen molar-refractivity contribution < 1.29 is 0 Å². The molecule has 0 saturated carbocycles. The third kappa shape index (κ3) is 4.38. The molecular formula is C16H23BrN4. The van der Waals surface area contributed by atoms with Gasteiger partial charge in [0.1, 0.15) is 0 Å². The van der Waals surface area contributed by atoms with Gasteiger partial charge in [0, 0.05) is 29.8 Å². The van der Waals surface area contributed by atoms with Crippen LogP contribution in [0.1, 0.15) is 43.4 Å². The average molecular weight is 351 g/mol. The quantitative estimate of drug-likeness (QED) is 0.831. The summed E-state index contributed by atoms with van der Waals surface area (Å²) in [5, 5.41) is 8.12. The summed E-state index contributed by atoms with van der Waals surface area (Å²) in [6.07, 6.45) is 4.84. The molecule has 0 aliphatic heterocycles. The highest BCUT2D eigenvalue weighted by Crippen LogP contribution is 2.19. The lowest BCUT2D eigenvalue weighted by molar-refractivity contribution is 0.502. The van der Waals surface area contributed by atoms with Crippen LogP contribution < -0.4 is 5.32 Å². The molecule has 0 bridgehead atoms. The van der Waals surface area contributed by atoms with E-state index >= 15 is 0 Å². The number of aromatic nitrogens is 3. The van der Waals surface area contributed by atoms with E-state index < -0.39 is 0 Å². The molecular weight excluding hydrogens is 328 g/mol. The highest BCUT2D eigenvalue weighted by Gasteiger charge is 2.15. The summed E-state index contributed by atoms with van der Waals surface area (Å²) in [6, 6.07) is 6.54. The van der Waals surface area contributed by atoms with E-state index in [4.69, 9.17) is 0 Å². The van der Waals surface area contributed by atoms with Gasteiger partial charge in [-0.2, -0.15) is 5.10 Å². The molecule has 2 aromatic rings. The number of halogens is 1. The second-order valence-corrected chi connectivity index (χ2v) is 6.13. The Labute approximate surface area is 135 Å². The molecule has 0 aliphatic rings. The van der Waals surface area contributed by atoms with Crippen LogP contribution in [0.2, 0.25) is 0 Å². The normalized spacial score (nSPS) is 12.6. The highest BCUT2D eigenvalue weighted by molar-refractivity contribution is 9.10. The summed E-state index contributed by atoms with van der Waals surface area (Å²) < 4.78 is 2.99. The maximum Gasteiger partial charge on any atom is 0.0624 e. The van der Waals surface area contributed by atoms with Crippen molar-refractivity contribution in [3.8, 4) is 0 Å². The summed E-state index contributed by atoms with van der Waals surface area (Å²) in [4.78, 5) is 4.55. The van der Waals surface area contributed by atoms with E-state index in [-0.39, 0.29) is 6.04 Å². The van der Waals surface area contributed by atoms with Crippen molar-refractivity contribution in [3.63, 3.8) is 0 Å². The third-order valence-corrected chi connectivity index (χ3v) is 4.02. The van der Waals surface area contributed by atoms with Gasteiger partial charge in [0.05, 0.1) is 17.4 Å². The Bertz CT molecular complexity index is 562. The third-order valence-electron chi connectivity index (χ3n) is 3.55. The topological polar surface area (TPSA) is 42.7 Å². The van der Waals surface area contributed by atoms with Crippen LogP contribution in [0.5, 0.6) is 0 Å². The summed E-state index contributed by atoms with van der Waals surface area (Å²) in [7, 11) is 2.01. The lowest BCUT2D eigenvalue weighted by atomic mass is 10.1. The fourth-order valence-corrected chi connectivity index (χ4v) is 2.57. The molecule has 0 radical (unpaired) electrons. The molecule has 0 aliphatic carbocycles. The minimum absolute atomic E-state index is 0.221. The van der Waals surface area contributed by atoms with Crippen molar-refractivity contribution in [2.75, 3.05) is 6.54 Å². The van der Waals surface area contributed by atoms with E-state index in [1.165, 1.54) is 5.69 Å². The number of nitrogens with zero attached hydrogens (tertiary/aromatic N) is 3. The largest absolute Gasteiger partial charge is 0.308 e. The smallest absolute Gasteiger partial charge is 0.0624 e. The van der Waals surface area contributed by atoms with Gasteiger partial charge in [0.25, 0.3) is 0 Å². The first-order chi connectivity index (χ1) is 10.1. The van der Waals surface area contributed by atoms with Gasteiger partial charge in [-0.1, -0.05) is 13.8 Å². The van der Waals surface area contributed by atoms with Crippen LogP contribution in [0.25, 0.3) is 0 Å². The van der Waals surface area contributed by atoms with Crippen LogP contribution in [0.15, 0.2) is 28.9 Å². The molecule has 0 fully saturated rings. The van der Waals surface area contributed by atoms with E-state index in [1.807, 2.05) is 24.0 Å². The van der Waals surface area contributed by atoms with E-state index in [2.05, 4.69) is 57.3 Å². The molecule has 1 atom stereocenters. The van der Waals surface area contributed by atoms with Crippen LogP contribution >= 0.6 is 15.9 Å². The molecule has 2 aromatic heterocycles. The molecule has 2 rings (SSSR count). The highest BCUT2D eigenvalue weighted by atomic mass is 79.9. The number of hydrogen-bond acceptors (Lipinski definition) is 3. The van der Waals surface area contributed by atoms with Crippen LogP contribution in [-0.4, -0.2) is 21.3 Å². The van der Waals surface area contributed by atoms with Crippen molar-refractivity contribution in [1.29, 1.82) is 0 Å². The van der Waals surface area contributed by atoms with Crippen molar-refractivity contribution in [2.24, 2.45) is 7.05 Å². The zero-order valence-corrected chi connectivity index (χ0v) is 14.5. The summed E-state index contributed by atoms with van der Waals surface area (Å²) >= 11 is 3.44. The van der Waals surface area contributed by atoms with Crippen molar-refractivity contribution in [1.82, 2.24) is 20.1 Å². The van der Waals surface area contributed by atoms with Gasteiger partial charge >= 0.3 is 0 Å². The van der Waals surface area contributed by atoms with Gasteiger partial charge in [0.2, 0.25) is 0 Å². The zero-order valence-electron chi connectivity index (χ0n) is 12.9. The Hall–Kier alpha value is -1.20. The number of pyridine rings is 1. The first kappa shape index (κ1) is 16.2. The molecule has 0 spiro atoms. The fraction of sp³-hybridized carbons (Fsp3) is 0.500. The fourth-order valence-electron chi connectivity index (χ4n) is 2.34. The Balaban J connectivity index is 2.19. The lowest BCUT2D eigenvalue weighted by Gasteiger charge is -2.18. The molecule has 5 heteroatoms. The van der Waals surface area contributed by atoms with Gasteiger partial charge in [-0.25, -0.2) is 0 Å². The monoisotopic (exact) mass is 350 g/mol. The molecule has 0 aromatic carbocycles. The number of nitrogens with one attached hydrogen (secondary N) is 1. The Morgan fingerprint density at radius 1 is 1.33 bits per heavy atom. The van der Waals surface area contributed by atoms with Gasteiger partial charge in [0.15, 0.2) is 0 Å². The molecule has 4 nitrogen and oxygen atoms in total. The summed E-state index contributed by atoms with van der Waals surface area (Å²) in [6.45, 7) is 5.30. The Morgan fingerprint density at radius 2 is 2.14 bits per heavy atom. The van der Waals surface area contributed by atoms with Gasteiger partial charge < -0.3 is 5.32 Å². The van der Waals surface area contributed by atoms with Gasteiger partial charge in [-0.3, -0.25) is 9.67 Å². The van der Waals surface area contributed by atoms with Gasteiger partial charge in [-0.15, -0.1) is 0 Å². The minimum Gasteiger partial charge on any atom is -0.308 e. The van der Waals surface area contributed by atoms with Crippen LogP contribution in [-0.2, 0) is 19.9 Å². The molecule has 2 heterocycles. The first-order valence-corrected chi connectivity index (χ1v) is 8.30. The maximum absolute atomic E-state index is 4.55. The number of rotatable bonds is 7.